The molecule has 0 aliphatic carbocycles. The lowest BCUT2D eigenvalue weighted by Crippen LogP contribution is -2.24. The third kappa shape index (κ3) is 3.72. The molecular weight excluding hydrogens is 282 g/mol. The van der Waals surface area contributed by atoms with Gasteiger partial charge in [-0.3, -0.25) is 4.79 Å². The summed E-state index contributed by atoms with van der Waals surface area (Å²) in [7, 11) is 1.62. The lowest BCUT2D eigenvalue weighted by Gasteiger charge is -2.09. The van der Waals surface area contributed by atoms with Crippen molar-refractivity contribution < 1.29 is 9.53 Å². The number of nitrogens with one attached hydrogen (secondary N) is 1. The van der Waals surface area contributed by atoms with Gasteiger partial charge in [0.05, 0.1) is 12.0 Å². The summed E-state index contributed by atoms with van der Waals surface area (Å²) in [6, 6.07) is 9.14. The average Bonchev–Trinajstić information content (AvgIpc) is 2.93. The second-order valence-electron chi connectivity index (χ2n) is 3.94. The van der Waals surface area contributed by atoms with Crippen LogP contribution in [0.5, 0.6) is 5.75 Å². The number of thiophene rings is 1. The van der Waals surface area contributed by atoms with Gasteiger partial charge in [0, 0.05) is 11.6 Å². The van der Waals surface area contributed by atoms with Gasteiger partial charge in [-0.25, -0.2) is 0 Å². The Bertz CT molecular complexity index is 555. The Kier molecular flexibility index (Phi) is 4.82. The van der Waals surface area contributed by atoms with E-state index in [1.54, 1.807) is 19.2 Å². The van der Waals surface area contributed by atoms with E-state index in [0.717, 1.165) is 16.2 Å². The van der Waals surface area contributed by atoms with Gasteiger partial charge in [0.25, 0.3) is 5.91 Å². The maximum absolute atomic E-state index is 11.8. The second-order valence-corrected chi connectivity index (χ2v) is 5.32. The summed E-state index contributed by atoms with van der Waals surface area (Å²) in [4.78, 5) is 12.5. The Labute approximate surface area is 121 Å². The lowest BCUT2D eigenvalue weighted by atomic mass is 10.1. The van der Waals surface area contributed by atoms with Crippen LogP contribution < -0.4 is 10.1 Å². The Morgan fingerprint density at radius 3 is 2.95 bits per heavy atom. The molecule has 0 unspecified atom stereocenters. The summed E-state index contributed by atoms with van der Waals surface area (Å²) in [5.41, 5.74) is 0.987. The predicted octanol–water partition coefficient (Wildman–Crippen LogP) is 3.38. The molecule has 1 aromatic carbocycles. The highest BCUT2D eigenvalue weighted by atomic mass is 35.5. The summed E-state index contributed by atoms with van der Waals surface area (Å²) in [6.45, 7) is 0.549. The molecule has 1 amide bonds. The van der Waals surface area contributed by atoms with E-state index in [0.29, 0.717) is 18.0 Å². The molecule has 0 bridgehead atoms. The normalized spacial score (nSPS) is 10.2. The number of rotatable bonds is 5. The highest BCUT2D eigenvalue weighted by molar-refractivity contribution is 7.12. The van der Waals surface area contributed by atoms with Crippen molar-refractivity contribution in [3.8, 4) is 5.75 Å². The van der Waals surface area contributed by atoms with Crippen LogP contribution in [0, 0.1) is 0 Å². The van der Waals surface area contributed by atoms with Gasteiger partial charge in [0.1, 0.15) is 5.75 Å². The van der Waals surface area contributed by atoms with Crippen LogP contribution in [0.3, 0.4) is 0 Å². The van der Waals surface area contributed by atoms with E-state index in [1.165, 1.54) is 11.3 Å². The molecule has 0 radical (unpaired) electrons. The van der Waals surface area contributed by atoms with E-state index < -0.39 is 0 Å². The minimum absolute atomic E-state index is 0.0454. The molecular formula is C14H14ClNO2S. The molecule has 19 heavy (non-hydrogen) atoms. The first-order valence-electron chi connectivity index (χ1n) is 5.85. The van der Waals surface area contributed by atoms with E-state index >= 15 is 0 Å². The topological polar surface area (TPSA) is 38.3 Å². The molecule has 2 aromatic rings. The fourth-order valence-electron chi connectivity index (χ4n) is 1.75. The van der Waals surface area contributed by atoms with Gasteiger partial charge in [-0.1, -0.05) is 17.7 Å². The summed E-state index contributed by atoms with van der Waals surface area (Å²) in [5, 5.41) is 5.43. The number of carbonyl (C=O) groups excluding carboxylic acids is 1. The van der Waals surface area contributed by atoms with Crippen LogP contribution in [-0.4, -0.2) is 19.6 Å². The molecule has 100 valence electrons. The van der Waals surface area contributed by atoms with Crippen molar-refractivity contribution in [3.63, 3.8) is 0 Å². The SMILES string of the molecule is COc1ccc(Cl)cc1CCNC(=O)c1cccs1. The molecule has 0 saturated heterocycles. The third-order valence-corrected chi connectivity index (χ3v) is 3.77. The first kappa shape index (κ1) is 13.9. The van der Waals surface area contributed by atoms with Crippen molar-refractivity contribution in [3.05, 3.63) is 51.2 Å². The van der Waals surface area contributed by atoms with E-state index in [4.69, 9.17) is 16.3 Å². The number of methoxy groups -OCH3 is 1. The second kappa shape index (κ2) is 6.59. The lowest BCUT2D eigenvalue weighted by molar-refractivity contribution is 0.0958. The zero-order chi connectivity index (χ0) is 13.7. The van der Waals surface area contributed by atoms with Crippen molar-refractivity contribution in [2.24, 2.45) is 0 Å². The molecule has 0 aliphatic heterocycles. The van der Waals surface area contributed by atoms with Gasteiger partial charge in [-0.2, -0.15) is 0 Å². The number of hydrogen-bond acceptors (Lipinski definition) is 3. The Balaban J connectivity index is 1.92. The van der Waals surface area contributed by atoms with Gasteiger partial charge in [-0.05, 0) is 41.6 Å². The first-order valence-corrected chi connectivity index (χ1v) is 7.10. The molecule has 1 aromatic heterocycles. The number of ether oxygens (including phenoxy) is 1. The summed E-state index contributed by atoms with van der Waals surface area (Å²) < 4.78 is 5.26. The largest absolute Gasteiger partial charge is 0.496 e. The Morgan fingerprint density at radius 1 is 1.42 bits per heavy atom. The van der Waals surface area contributed by atoms with Crippen molar-refractivity contribution in [1.82, 2.24) is 5.32 Å². The molecule has 0 saturated carbocycles. The Morgan fingerprint density at radius 2 is 2.26 bits per heavy atom. The molecule has 0 fully saturated rings. The van der Waals surface area contributed by atoms with Gasteiger partial charge < -0.3 is 10.1 Å². The number of amides is 1. The zero-order valence-electron chi connectivity index (χ0n) is 10.5. The maximum atomic E-state index is 11.8. The van der Waals surface area contributed by atoms with E-state index in [2.05, 4.69) is 5.32 Å². The summed E-state index contributed by atoms with van der Waals surface area (Å²) in [6.07, 6.45) is 0.681. The third-order valence-electron chi connectivity index (χ3n) is 2.67. The van der Waals surface area contributed by atoms with Crippen molar-refractivity contribution >= 4 is 28.8 Å². The monoisotopic (exact) mass is 295 g/mol. The van der Waals surface area contributed by atoms with Crippen LogP contribution in [-0.2, 0) is 6.42 Å². The van der Waals surface area contributed by atoms with Crippen LogP contribution >= 0.6 is 22.9 Å². The first-order chi connectivity index (χ1) is 9.20. The number of hydrogen-bond donors (Lipinski definition) is 1. The fraction of sp³-hybridized carbons (Fsp3) is 0.214. The standard InChI is InChI=1S/C14H14ClNO2S/c1-18-12-5-4-11(15)9-10(12)6-7-16-14(17)13-3-2-8-19-13/h2-5,8-9H,6-7H2,1H3,(H,16,17). The molecule has 1 N–H and O–H groups in total. The van der Waals surface area contributed by atoms with Crippen molar-refractivity contribution in [1.29, 1.82) is 0 Å². The van der Waals surface area contributed by atoms with Crippen LogP contribution in [0.4, 0.5) is 0 Å². The molecule has 0 atom stereocenters. The van der Waals surface area contributed by atoms with Gasteiger partial charge in [0.2, 0.25) is 0 Å². The van der Waals surface area contributed by atoms with Crippen LogP contribution in [0.25, 0.3) is 0 Å². The molecule has 3 nitrogen and oxygen atoms in total. The number of benzene rings is 1. The van der Waals surface area contributed by atoms with Gasteiger partial charge in [0.15, 0.2) is 0 Å². The number of carbonyl (C=O) groups is 1. The predicted molar refractivity (Wildman–Crippen MR) is 78.4 cm³/mol. The zero-order valence-corrected chi connectivity index (χ0v) is 12.1. The van der Waals surface area contributed by atoms with E-state index in [1.807, 2.05) is 23.6 Å². The highest BCUT2D eigenvalue weighted by Gasteiger charge is 2.07. The molecule has 2 rings (SSSR count). The van der Waals surface area contributed by atoms with Crippen molar-refractivity contribution in [2.75, 3.05) is 13.7 Å². The molecule has 5 heteroatoms. The van der Waals surface area contributed by atoms with Gasteiger partial charge >= 0.3 is 0 Å². The Hall–Kier alpha value is -1.52. The summed E-state index contributed by atoms with van der Waals surface area (Å²) >= 11 is 7.38. The number of halogens is 1. The van der Waals surface area contributed by atoms with E-state index in [-0.39, 0.29) is 5.91 Å². The van der Waals surface area contributed by atoms with Gasteiger partial charge in [-0.15, -0.1) is 11.3 Å². The fourth-order valence-corrected chi connectivity index (χ4v) is 2.58. The van der Waals surface area contributed by atoms with Crippen LogP contribution in [0.15, 0.2) is 35.7 Å². The minimum atomic E-state index is -0.0454. The highest BCUT2D eigenvalue weighted by Crippen LogP contribution is 2.22. The molecule has 1 heterocycles. The minimum Gasteiger partial charge on any atom is -0.496 e. The van der Waals surface area contributed by atoms with Crippen LogP contribution in [0.2, 0.25) is 5.02 Å². The summed E-state index contributed by atoms with van der Waals surface area (Å²) in [5.74, 6) is 0.741. The smallest absolute Gasteiger partial charge is 0.261 e. The quantitative estimate of drug-likeness (QED) is 0.918. The maximum Gasteiger partial charge on any atom is 0.261 e. The van der Waals surface area contributed by atoms with Crippen LogP contribution in [0.1, 0.15) is 15.2 Å². The van der Waals surface area contributed by atoms with Crippen molar-refractivity contribution in [2.45, 2.75) is 6.42 Å². The van der Waals surface area contributed by atoms with E-state index in [9.17, 15) is 4.79 Å². The molecule has 0 spiro atoms. The molecule has 0 aliphatic rings. The average molecular weight is 296 g/mol.